The van der Waals surface area contributed by atoms with Gasteiger partial charge in [-0.1, -0.05) is 48.0 Å². The number of rotatable bonds is 6. The Hall–Kier alpha value is -2.58. The molecule has 1 aliphatic carbocycles. The number of halogens is 1. The molecule has 0 aromatic heterocycles. The number of thioether (sulfide) groups is 1. The van der Waals surface area contributed by atoms with E-state index in [4.69, 9.17) is 37.7 Å². The van der Waals surface area contributed by atoms with E-state index in [0.29, 0.717) is 5.56 Å². The van der Waals surface area contributed by atoms with Gasteiger partial charge in [0.1, 0.15) is 0 Å². The summed E-state index contributed by atoms with van der Waals surface area (Å²) >= 11 is 7.82. The maximum atomic E-state index is 9.17. The highest BCUT2D eigenvalue weighted by atomic mass is 35.5. The fourth-order valence-corrected chi connectivity index (χ4v) is 4.79. The second kappa shape index (κ2) is 9.70. The number of aliphatic hydroxyl groups excluding tert-OH is 1. The van der Waals surface area contributed by atoms with E-state index in [9.17, 15) is 0 Å². The summed E-state index contributed by atoms with van der Waals surface area (Å²) in [6, 6.07) is 15.7. The number of benzene rings is 2. The summed E-state index contributed by atoms with van der Waals surface area (Å²) in [7, 11) is 0. The molecule has 3 atom stereocenters. The predicted molar refractivity (Wildman–Crippen MR) is 125 cm³/mol. The molecule has 1 aliphatic heterocycles. The van der Waals surface area contributed by atoms with Gasteiger partial charge in [0.05, 0.1) is 29.1 Å². The third-order valence-corrected chi connectivity index (χ3v) is 6.49. The first-order valence-corrected chi connectivity index (χ1v) is 11.2. The van der Waals surface area contributed by atoms with E-state index >= 15 is 0 Å². The molecule has 2 aromatic rings. The van der Waals surface area contributed by atoms with Crippen LogP contribution in [0.1, 0.15) is 17.5 Å². The maximum absolute atomic E-state index is 9.17. The van der Waals surface area contributed by atoms with Crippen molar-refractivity contribution in [1.29, 1.82) is 0 Å². The first kappa shape index (κ1) is 21.6. The van der Waals surface area contributed by atoms with Gasteiger partial charge in [-0.15, -0.1) is 11.8 Å². The monoisotopic (exact) mass is 455 g/mol. The van der Waals surface area contributed by atoms with Gasteiger partial charge in [0.2, 0.25) is 0 Å². The minimum atomic E-state index is -1.45. The zero-order valence-corrected chi connectivity index (χ0v) is 18.3. The van der Waals surface area contributed by atoms with Crippen LogP contribution >= 0.6 is 23.4 Å². The lowest BCUT2D eigenvalue weighted by Crippen LogP contribution is -2.45. The van der Waals surface area contributed by atoms with Crippen molar-refractivity contribution >= 4 is 35.0 Å². The summed E-state index contributed by atoms with van der Waals surface area (Å²) in [6.45, 7) is 0.809. The molecule has 3 unspecified atom stereocenters. The van der Waals surface area contributed by atoms with Crippen LogP contribution < -0.4 is 11.1 Å². The van der Waals surface area contributed by atoms with Crippen LogP contribution in [0.2, 0.25) is 5.02 Å². The van der Waals surface area contributed by atoms with Gasteiger partial charge in [-0.3, -0.25) is 10.7 Å². The molecule has 0 bridgehead atoms. The number of hydrogen-bond acceptors (Lipinski definition) is 6. The predicted octanol–water partition coefficient (Wildman–Crippen LogP) is 2.16. The van der Waals surface area contributed by atoms with Gasteiger partial charge in [-0.25, -0.2) is 5.41 Å². The fourth-order valence-electron chi connectivity index (χ4n) is 3.52. The summed E-state index contributed by atoms with van der Waals surface area (Å²) in [6.07, 6.45) is 7.97. The molecule has 0 amide bonds. The highest BCUT2D eigenvalue weighted by Crippen LogP contribution is 2.33. The van der Waals surface area contributed by atoms with Crippen molar-refractivity contribution in [3.8, 4) is 0 Å². The van der Waals surface area contributed by atoms with E-state index in [1.165, 1.54) is 0 Å². The Morgan fingerprint density at radius 1 is 1.19 bits per heavy atom. The van der Waals surface area contributed by atoms with Gasteiger partial charge in [0, 0.05) is 9.92 Å². The molecule has 4 rings (SSSR count). The van der Waals surface area contributed by atoms with Crippen molar-refractivity contribution in [3.63, 3.8) is 0 Å². The normalized spacial score (nSPS) is 21.1. The molecule has 8 heteroatoms. The van der Waals surface area contributed by atoms with Gasteiger partial charge >= 0.3 is 5.90 Å². The molecular formula is C23H24ClN4O2S+. The summed E-state index contributed by atoms with van der Waals surface area (Å²) in [4.78, 5) is 1.14. The number of nitrogens with zero attached hydrogens (tertiary/aromatic N) is 2. The molecule has 0 saturated carbocycles. The Labute approximate surface area is 190 Å². The Morgan fingerprint density at radius 2 is 1.94 bits per heavy atom. The van der Waals surface area contributed by atoms with E-state index in [-0.39, 0.29) is 17.2 Å². The van der Waals surface area contributed by atoms with Crippen molar-refractivity contribution in [3.05, 3.63) is 89.0 Å². The quantitative estimate of drug-likeness (QED) is 0.352. The lowest BCUT2D eigenvalue weighted by Gasteiger charge is -2.24. The Kier molecular flexibility index (Phi) is 6.77. The van der Waals surface area contributed by atoms with Crippen molar-refractivity contribution in [2.45, 2.75) is 29.0 Å². The molecule has 1 heterocycles. The minimum absolute atomic E-state index is 0.0720. The van der Waals surface area contributed by atoms with Crippen molar-refractivity contribution in [1.82, 2.24) is 5.01 Å². The Bertz CT molecular complexity index is 1020. The molecule has 0 saturated heterocycles. The minimum Gasteiger partial charge on any atom is -0.401 e. The largest absolute Gasteiger partial charge is 0.401 e. The number of nitrogens with two attached hydrogens (primary N) is 2. The summed E-state index contributed by atoms with van der Waals surface area (Å²) < 4.78 is 4.97. The molecule has 0 fully saturated rings. The summed E-state index contributed by atoms with van der Waals surface area (Å²) in [5.74, 6) is 0.0720. The third kappa shape index (κ3) is 5.37. The first-order chi connectivity index (χ1) is 15.0. The van der Waals surface area contributed by atoms with Crippen LogP contribution in [0, 0.1) is 0 Å². The zero-order chi connectivity index (χ0) is 21.8. The molecule has 5 N–H and O–H groups in total. The molecule has 31 heavy (non-hydrogen) atoms. The smallest absolute Gasteiger partial charge is 0.369 e. The van der Waals surface area contributed by atoms with Gasteiger partial charge in [0.15, 0.2) is 0 Å². The molecule has 2 aliphatic rings. The van der Waals surface area contributed by atoms with Crippen LogP contribution in [-0.2, 0) is 4.74 Å². The third-order valence-electron chi connectivity index (χ3n) is 5.04. The molecule has 6 nitrogen and oxygen atoms in total. The number of ether oxygens (including phenoxy) is 1. The van der Waals surface area contributed by atoms with E-state index < -0.39 is 6.41 Å². The van der Waals surface area contributed by atoms with E-state index in [1.807, 2.05) is 48.5 Å². The number of hydrazone groups is 1. The highest BCUT2D eigenvalue weighted by molar-refractivity contribution is 8.00. The SMILES string of the molecule is NC(O)OC(=[NH2+])c1ccc(C2=NN(C3C=CC=CC3)CC2Sc2ccc(Cl)cc2)cc1. The van der Waals surface area contributed by atoms with E-state index in [1.54, 1.807) is 11.8 Å². The van der Waals surface area contributed by atoms with Gasteiger partial charge in [0.25, 0.3) is 6.41 Å². The highest BCUT2D eigenvalue weighted by Gasteiger charge is 2.31. The number of hydrogen-bond donors (Lipinski definition) is 3. The maximum Gasteiger partial charge on any atom is 0.369 e. The molecule has 2 aromatic carbocycles. The number of aliphatic hydroxyl groups is 1. The Balaban J connectivity index is 1.58. The fraction of sp³-hybridized carbons (Fsp3) is 0.217. The Morgan fingerprint density at radius 3 is 2.58 bits per heavy atom. The molecule has 0 radical (unpaired) electrons. The van der Waals surface area contributed by atoms with Crippen LogP contribution in [0.3, 0.4) is 0 Å². The molecule has 0 spiro atoms. The summed E-state index contributed by atoms with van der Waals surface area (Å²) in [5, 5.41) is 23.0. The molecular weight excluding hydrogens is 432 g/mol. The van der Waals surface area contributed by atoms with Crippen LogP contribution in [-0.4, -0.2) is 46.0 Å². The molecule has 160 valence electrons. The first-order valence-electron chi connectivity index (χ1n) is 9.94. The van der Waals surface area contributed by atoms with E-state index in [0.717, 1.165) is 34.2 Å². The second-order valence-electron chi connectivity index (χ2n) is 7.23. The lowest BCUT2D eigenvalue weighted by molar-refractivity contribution is -0.161. The van der Waals surface area contributed by atoms with Crippen molar-refractivity contribution in [2.75, 3.05) is 6.54 Å². The van der Waals surface area contributed by atoms with E-state index in [2.05, 4.69) is 29.3 Å². The van der Waals surface area contributed by atoms with Crippen molar-refractivity contribution in [2.24, 2.45) is 10.8 Å². The van der Waals surface area contributed by atoms with Gasteiger partial charge in [-0.2, -0.15) is 5.10 Å². The van der Waals surface area contributed by atoms with Gasteiger partial charge in [-0.05, 0) is 48.4 Å². The van der Waals surface area contributed by atoms with Crippen LogP contribution in [0.15, 0.2) is 82.8 Å². The number of allylic oxidation sites excluding steroid dienone is 2. The summed E-state index contributed by atoms with van der Waals surface area (Å²) in [5.41, 5.74) is 7.89. The topological polar surface area (TPSA) is 96.7 Å². The van der Waals surface area contributed by atoms with Crippen LogP contribution in [0.5, 0.6) is 0 Å². The lowest BCUT2D eigenvalue weighted by atomic mass is 10.1. The van der Waals surface area contributed by atoms with Crippen molar-refractivity contribution < 1.29 is 15.3 Å². The average Bonchev–Trinajstić information content (AvgIpc) is 3.19. The zero-order valence-electron chi connectivity index (χ0n) is 16.8. The standard InChI is InChI=1S/C23H23ClN4O2S/c24-17-10-12-19(13-11-17)31-20-14-28(18-4-2-1-3-5-18)27-21(20)15-6-8-16(9-7-15)22(25)30-23(26)29/h1-4,6-13,18,20,23,25,29H,5,14,26H2/p+1. The second-order valence-corrected chi connectivity index (χ2v) is 8.95. The van der Waals surface area contributed by atoms with Crippen LogP contribution in [0.25, 0.3) is 0 Å². The van der Waals surface area contributed by atoms with Gasteiger partial charge < -0.3 is 9.84 Å². The van der Waals surface area contributed by atoms with Crippen LogP contribution in [0.4, 0.5) is 0 Å². The average molecular weight is 456 g/mol.